The van der Waals surface area contributed by atoms with Gasteiger partial charge in [-0.2, -0.15) is 0 Å². The van der Waals surface area contributed by atoms with Crippen molar-refractivity contribution >= 4 is 23.6 Å². The van der Waals surface area contributed by atoms with Crippen LogP contribution < -0.4 is 5.32 Å². The second-order valence-electron chi connectivity index (χ2n) is 8.55. The zero-order valence-electron chi connectivity index (χ0n) is 19.0. The molecule has 2 rings (SSSR count). The van der Waals surface area contributed by atoms with Crippen molar-refractivity contribution in [2.75, 3.05) is 13.2 Å². The lowest BCUT2D eigenvalue weighted by Crippen LogP contribution is -2.55. The summed E-state index contributed by atoms with van der Waals surface area (Å²) in [5, 5.41) is 13.3. The summed E-state index contributed by atoms with van der Waals surface area (Å²) in [5.74, 6) is 5.45. The van der Waals surface area contributed by atoms with Gasteiger partial charge in [-0.1, -0.05) is 43.4 Å². The first-order valence-corrected chi connectivity index (χ1v) is 10.8. The number of hydrogen-bond acceptors (Lipinski definition) is 4. The molecular weight excluding hydrogens is 416 g/mol. The Morgan fingerprint density at radius 1 is 1.39 bits per heavy atom. The van der Waals surface area contributed by atoms with Crippen molar-refractivity contribution in [2.45, 2.75) is 59.1 Å². The highest BCUT2D eigenvalue weighted by atomic mass is 35.5. The SMILES string of the molecule is CCOC(=O)CCN1C=C(C(C)C)[C@](C)(c2ccc(C#CC(C)(C)O)c(Cl)c2)NC1=O. The predicted octanol–water partition coefficient (Wildman–Crippen LogP) is 4.20. The molecule has 6 nitrogen and oxygen atoms in total. The maximum Gasteiger partial charge on any atom is 0.322 e. The molecule has 0 aromatic heterocycles. The molecule has 0 fully saturated rings. The summed E-state index contributed by atoms with van der Waals surface area (Å²) in [6.07, 6.45) is 1.94. The molecule has 0 saturated carbocycles. The minimum absolute atomic E-state index is 0.125. The van der Waals surface area contributed by atoms with Gasteiger partial charge in [-0.15, -0.1) is 0 Å². The second-order valence-corrected chi connectivity index (χ2v) is 8.95. The number of esters is 1. The van der Waals surface area contributed by atoms with Crippen LogP contribution in [0.2, 0.25) is 5.02 Å². The average Bonchev–Trinajstić information content (AvgIpc) is 2.65. The summed E-state index contributed by atoms with van der Waals surface area (Å²) < 4.78 is 4.96. The largest absolute Gasteiger partial charge is 0.466 e. The van der Waals surface area contributed by atoms with Crippen LogP contribution in [0.4, 0.5) is 4.79 Å². The third-order valence-electron chi connectivity index (χ3n) is 5.02. The molecule has 1 atom stereocenters. The number of carbonyl (C=O) groups is 2. The molecular formula is C24H31ClN2O4. The second kappa shape index (κ2) is 9.76. The Bertz CT molecular complexity index is 937. The Hall–Kier alpha value is -2.49. The first-order valence-electron chi connectivity index (χ1n) is 10.4. The Balaban J connectivity index is 2.37. The number of urea groups is 1. The lowest BCUT2D eigenvalue weighted by molar-refractivity contribution is -0.143. The van der Waals surface area contributed by atoms with Gasteiger partial charge in [-0.25, -0.2) is 4.79 Å². The number of nitrogens with zero attached hydrogens (tertiary/aromatic N) is 1. The number of aliphatic hydroxyl groups is 1. The topological polar surface area (TPSA) is 78.9 Å². The highest BCUT2D eigenvalue weighted by Gasteiger charge is 2.39. The van der Waals surface area contributed by atoms with E-state index < -0.39 is 11.1 Å². The number of halogens is 1. The van der Waals surface area contributed by atoms with E-state index in [0.717, 1.165) is 11.1 Å². The molecule has 0 saturated heterocycles. The zero-order chi connectivity index (χ0) is 23.4. The summed E-state index contributed by atoms with van der Waals surface area (Å²) in [6.45, 7) is 11.6. The van der Waals surface area contributed by atoms with Gasteiger partial charge in [-0.05, 0) is 56.9 Å². The maximum atomic E-state index is 12.8. The summed E-state index contributed by atoms with van der Waals surface area (Å²) >= 11 is 6.47. The van der Waals surface area contributed by atoms with Crippen LogP contribution in [-0.4, -0.2) is 40.8 Å². The van der Waals surface area contributed by atoms with Gasteiger partial charge in [0, 0.05) is 18.3 Å². The van der Waals surface area contributed by atoms with Crippen molar-refractivity contribution < 1.29 is 19.4 Å². The van der Waals surface area contributed by atoms with Crippen LogP contribution in [0.5, 0.6) is 0 Å². The molecule has 2 amide bonds. The first kappa shape index (κ1) is 24.8. The van der Waals surface area contributed by atoms with E-state index in [1.165, 1.54) is 4.90 Å². The fourth-order valence-corrected chi connectivity index (χ4v) is 3.67. The number of amides is 2. The quantitative estimate of drug-likeness (QED) is 0.507. The Morgan fingerprint density at radius 2 is 2.06 bits per heavy atom. The molecule has 0 bridgehead atoms. The Labute approximate surface area is 189 Å². The molecule has 31 heavy (non-hydrogen) atoms. The third kappa shape index (κ3) is 6.25. The van der Waals surface area contributed by atoms with Gasteiger partial charge in [-0.3, -0.25) is 4.79 Å². The van der Waals surface area contributed by atoms with E-state index in [1.54, 1.807) is 32.9 Å². The van der Waals surface area contributed by atoms with Gasteiger partial charge < -0.3 is 20.1 Å². The molecule has 1 aliphatic heterocycles. The van der Waals surface area contributed by atoms with Crippen LogP contribution in [0.15, 0.2) is 30.0 Å². The van der Waals surface area contributed by atoms with Crippen LogP contribution >= 0.6 is 11.6 Å². The lowest BCUT2D eigenvalue weighted by Gasteiger charge is -2.42. The minimum atomic E-state index is -1.12. The van der Waals surface area contributed by atoms with E-state index in [-0.39, 0.29) is 30.9 Å². The van der Waals surface area contributed by atoms with E-state index in [0.29, 0.717) is 17.2 Å². The summed E-state index contributed by atoms with van der Waals surface area (Å²) in [6, 6.07) is 5.17. The van der Waals surface area contributed by atoms with E-state index in [2.05, 4.69) is 31.0 Å². The first-order chi connectivity index (χ1) is 14.4. The number of nitrogens with one attached hydrogen (secondary N) is 1. The van der Waals surface area contributed by atoms with Crippen LogP contribution in [-0.2, 0) is 15.1 Å². The highest BCUT2D eigenvalue weighted by Crippen LogP contribution is 2.38. The van der Waals surface area contributed by atoms with Gasteiger partial charge in [0.25, 0.3) is 0 Å². The number of rotatable bonds is 6. The normalized spacial score (nSPS) is 18.8. The molecule has 168 valence electrons. The molecule has 0 aliphatic carbocycles. The lowest BCUT2D eigenvalue weighted by atomic mass is 9.78. The monoisotopic (exact) mass is 446 g/mol. The van der Waals surface area contributed by atoms with E-state index >= 15 is 0 Å². The van der Waals surface area contributed by atoms with Crippen LogP contribution in [0.3, 0.4) is 0 Å². The highest BCUT2D eigenvalue weighted by molar-refractivity contribution is 6.31. The average molecular weight is 447 g/mol. The van der Waals surface area contributed by atoms with Crippen molar-refractivity contribution in [1.29, 1.82) is 0 Å². The molecule has 1 heterocycles. The summed E-state index contributed by atoms with van der Waals surface area (Å²) in [7, 11) is 0. The van der Waals surface area contributed by atoms with E-state index in [9.17, 15) is 14.7 Å². The van der Waals surface area contributed by atoms with E-state index in [1.807, 2.05) is 19.2 Å². The standard InChI is InChI=1S/C24H31ClN2O4/c1-7-31-21(28)11-13-27-15-19(16(2)3)24(6,26-22(27)29)18-9-8-17(20(25)14-18)10-12-23(4,5)30/h8-9,14-16,30H,7,11,13H2,1-6H3,(H,26,29)/t24-/m0/s1. The van der Waals surface area contributed by atoms with Gasteiger partial charge in [0.2, 0.25) is 0 Å². The van der Waals surface area contributed by atoms with Crippen molar-refractivity contribution in [3.8, 4) is 11.8 Å². The van der Waals surface area contributed by atoms with Crippen LogP contribution in [0.1, 0.15) is 59.1 Å². The minimum Gasteiger partial charge on any atom is -0.466 e. The number of benzene rings is 1. The van der Waals surface area contributed by atoms with Crippen molar-refractivity contribution in [3.05, 3.63) is 46.1 Å². The smallest absolute Gasteiger partial charge is 0.322 e. The van der Waals surface area contributed by atoms with Gasteiger partial charge in [0.1, 0.15) is 5.60 Å². The van der Waals surface area contributed by atoms with Gasteiger partial charge in [0.05, 0.1) is 23.6 Å². The summed E-state index contributed by atoms with van der Waals surface area (Å²) in [4.78, 5) is 26.0. The Morgan fingerprint density at radius 3 is 2.61 bits per heavy atom. The van der Waals surface area contributed by atoms with Gasteiger partial charge >= 0.3 is 12.0 Å². The number of carbonyl (C=O) groups excluding carboxylic acids is 2. The van der Waals surface area contributed by atoms with E-state index in [4.69, 9.17) is 16.3 Å². The molecule has 1 aromatic rings. The predicted molar refractivity (Wildman–Crippen MR) is 121 cm³/mol. The fraction of sp³-hybridized carbons (Fsp3) is 0.500. The van der Waals surface area contributed by atoms with Crippen LogP contribution in [0, 0.1) is 17.8 Å². The number of ether oxygens (including phenoxy) is 1. The molecule has 1 aliphatic rings. The maximum absolute atomic E-state index is 12.8. The molecule has 0 radical (unpaired) electrons. The van der Waals surface area contributed by atoms with Crippen LogP contribution in [0.25, 0.3) is 0 Å². The fourth-order valence-electron chi connectivity index (χ4n) is 3.44. The molecule has 7 heteroatoms. The molecule has 0 unspecified atom stereocenters. The molecule has 2 N–H and O–H groups in total. The molecule has 1 aromatic carbocycles. The summed E-state index contributed by atoms with van der Waals surface area (Å²) in [5.41, 5.74) is 0.528. The number of hydrogen-bond donors (Lipinski definition) is 2. The van der Waals surface area contributed by atoms with Crippen molar-refractivity contribution in [2.24, 2.45) is 5.92 Å². The Kier molecular flexibility index (Phi) is 7.80. The van der Waals surface area contributed by atoms with Crippen molar-refractivity contribution in [3.63, 3.8) is 0 Å². The third-order valence-corrected chi connectivity index (χ3v) is 5.34. The van der Waals surface area contributed by atoms with Crippen molar-refractivity contribution in [1.82, 2.24) is 10.2 Å². The van der Waals surface area contributed by atoms with Gasteiger partial charge in [0.15, 0.2) is 0 Å². The molecule has 0 spiro atoms. The zero-order valence-corrected chi connectivity index (χ0v) is 19.8.